The molecule has 1 fully saturated rings. The van der Waals surface area contributed by atoms with Crippen LogP contribution in [0, 0.1) is 0 Å². The molecule has 0 radical (unpaired) electrons. The first-order valence-electron chi connectivity index (χ1n) is 8.46. The lowest BCUT2D eigenvalue weighted by Gasteiger charge is -2.14. The zero-order valence-corrected chi connectivity index (χ0v) is 13.8. The Morgan fingerprint density at radius 3 is 2.72 bits per heavy atom. The van der Waals surface area contributed by atoms with E-state index in [0.29, 0.717) is 5.95 Å². The number of hydrogen-bond acceptors (Lipinski definition) is 6. The summed E-state index contributed by atoms with van der Waals surface area (Å²) in [6, 6.07) is 14.7. The van der Waals surface area contributed by atoms with Crippen LogP contribution in [0.1, 0.15) is 12.8 Å². The van der Waals surface area contributed by atoms with Crippen molar-refractivity contribution in [2.24, 2.45) is 0 Å². The summed E-state index contributed by atoms with van der Waals surface area (Å²) in [6.45, 7) is 1.57. The number of para-hydroxylation sites is 1. The van der Waals surface area contributed by atoms with E-state index in [0.717, 1.165) is 48.4 Å². The molecule has 6 heteroatoms. The average Bonchev–Trinajstić information content (AvgIpc) is 3.15. The van der Waals surface area contributed by atoms with Gasteiger partial charge in [-0.05, 0) is 49.2 Å². The Labute approximate surface area is 145 Å². The number of fused-ring (bicyclic) bond motifs is 1. The maximum atomic E-state index is 9.40. The molecule has 1 aliphatic heterocycles. The highest BCUT2D eigenvalue weighted by molar-refractivity contribution is 5.90. The molecule has 128 valence electrons. The zero-order valence-electron chi connectivity index (χ0n) is 13.8. The van der Waals surface area contributed by atoms with Crippen molar-refractivity contribution in [3.05, 3.63) is 48.5 Å². The second kappa shape index (κ2) is 6.94. The number of benzene rings is 2. The Morgan fingerprint density at radius 2 is 1.92 bits per heavy atom. The van der Waals surface area contributed by atoms with Crippen molar-refractivity contribution in [3.63, 3.8) is 0 Å². The molecule has 0 amide bonds. The summed E-state index contributed by atoms with van der Waals surface area (Å²) in [5, 5.41) is 17.0. The van der Waals surface area contributed by atoms with Crippen LogP contribution in [0.5, 0.6) is 5.75 Å². The zero-order chi connectivity index (χ0) is 17.1. The summed E-state index contributed by atoms with van der Waals surface area (Å²) >= 11 is 0. The number of anilines is 3. The van der Waals surface area contributed by atoms with Gasteiger partial charge in [-0.25, -0.2) is 4.98 Å². The third kappa shape index (κ3) is 3.64. The summed E-state index contributed by atoms with van der Waals surface area (Å²) < 4.78 is 5.68. The summed E-state index contributed by atoms with van der Waals surface area (Å²) in [6.07, 6.45) is 2.43. The first kappa shape index (κ1) is 15.7. The minimum absolute atomic E-state index is 0.226. The average molecular weight is 336 g/mol. The molecule has 1 aliphatic rings. The third-order valence-electron chi connectivity index (χ3n) is 4.25. The Hall–Kier alpha value is -2.86. The van der Waals surface area contributed by atoms with Crippen molar-refractivity contribution in [1.29, 1.82) is 0 Å². The van der Waals surface area contributed by atoms with Crippen molar-refractivity contribution in [2.45, 2.75) is 18.9 Å². The standard InChI is InChI=1S/C19H20N4O2/c24-14-9-7-13(8-10-14)21-19-22-17-6-2-1-5-16(17)18(23-19)20-12-15-4-3-11-25-15/h1-2,5-10,15,24H,3-4,11-12H2,(H2,20,21,22,23)/t15-/m0/s1. The number of rotatable bonds is 5. The van der Waals surface area contributed by atoms with Crippen molar-refractivity contribution in [1.82, 2.24) is 9.97 Å². The van der Waals surface area contributed by atoms with Gasteiger partial charge in [-0.15, -0.1) is 0 Å². The Kier molecular flexibility index (Phi) is 4.35. The maximum Gasteiger partial charge on any atom is 0.229 e. The lowest BCUT2D eigenvalue weighted by molar-refractivity contribution is 0.120. The topological polar surface area (TPSA) is 79.3 Å². The monoisotopic (exact) mass is 336 g/mol. The van der Waals surface area contributed by atoms with E-state index in [1.165, 1.54) is 0 Å². The second-order valence-corrected chi connectivity index (χ2v) is 6.10. The molecule has 1 atom stereocenters. The highest BCUT2D eigenvalue weighted by Gasteiger charge is 2.16. The van der Waals surface area contributed by atoms with Gasteiger partial charge >= 0.3 is 0 Å². The van der Waals surface area contributed by atoms with Crippen LogP contribution in [0.4, 0.5) is 17.5 Å². The van der Waals surface area contributed by atoms with E-state index in [2.05, 4.69) is 20.6 Å². The minimum Gasteiger partial charge on any atom is -0.508 e. The van der Waals surface area contributed by atoms with Crippen molar-refractivity contribution < 1.29 is 9.84 Å². The van der Waals surface area contributed by atoms with E-state index in [1.807, 2.05) is 24.3 Å². The number of nitrogens with zero attached hydrogens (tertiary/aromatic N) is 2. The molecule has 0 aliphatic carbocycles. The Morgan fingerprint density at radius 1 is 1.08 bits per heavy atom. The number of hydrogen-bond donors (Lipinski definition) is 3. The molecule has 4 rings (SSSR count). The van der Waals surface area contributed by atoms with Gasteiger partial charge in [-0.1, -0.05) is 12.1 Å². The molecular weight excluding hydrogens is 316 g/mol. The fraction of sp³-hybridized carbons (Fsp3) is 0.263. The SMILES string of the molecule is Oc1ccc(Nc2nc(NC[C@@H]3CCCO3)c3ccccc3n2)cc1. The van der Waals surface area contributed by atoms with Crippen LogP contribution < -0.4 is 10.6 Å². The molecule has 2 aromatic carbocycles. The van der Waals surface area contributed by atoms with Gasteiger partial charge < -0.3 is 20.5 Å². The van der Waals surface area contributed by atoms with E-state index in [1.54, 1.807) is 24.3 Å². The van der Waals surface area contributed by atoms with Crippen molar-refractivity contribution in [2.75, 3.05) is 23.8 Å². The third-order valence-corrected chi connectivity index (χ3v) is 4.25. The van der Waals surface area contributed by atoms with Crippen LogP contribution in [0.3, 0.4) is 0 Å². The number of ether oxygens (including phenoxy) is 1. The first-order chi connectivity index (χ1) is 12.3. The summed E-state index contributed by atoms with van der Waals surface area (Å²) in [5.74, 6) is 1.53. The number of aromatic nitrogens is 2. The van der Waals surface area contributed by atoms with E-state index in [4.69, 9.17) is 4.74 Å². The van der Waals surface area contributed by atoms with Gasteiger partial charge in [-0.3, -0.25) is 0 Å². The number of phenols is 1. The molecule has 2 heterocycles. The molecule has 0 unspecified atom stereocenters. The molecule has 1 saturated heterocycles. The van der Waals surface area contributed by atoms with E-state index < -0.39 is 0 Å². The molecule has 25 heavy (non-hydrogen) atoms. The fourth-order valence-corrected chi connectivity index (χ4v) is 2.96. The predicted octanol–water partition coefficient (Wildman–Crippen LogP) is 3.67. The molecular formula is C19H20N4O2. The van der Waals surface area contributed by atoms with Crippen molar-refractivity contribution >= 4 is 28.4 Å². The molecule has 0 bridgehead atoms. The predicted molar refractivity (Wildman–Crippen MR) is 98.4 cm³/mol. The lowest BCUT2D eigenvalue weighted by atomic mass is 10.2. The van der Waals surface area contributed by atoms with Crippen molar-refractivity contribution in [3.8, 4) is 5.75 Å². The molecule has 3 N–H and O–H groups in total. The highest BCUT2D eigenvalue weighted by Crippen LogP contribution is 2.25. The molecule has 0 spiro atoms. The second-order valence-electron chi connectivity index (χ2n) is 6.10. The van der Waals surface area contributed by atoms with Crippen LogP contribution in [-0.2, 0) is 4.74 Å². The normalized spacial score (nSPS) is 16.9. The van der Waals surface area contributed by atoms with E-state index >= 15 is 0 Å². The Bertz CT molecular complexity index is 861. The first-order valence-corrected chi connectivity index (χ1v) is 8.46. The van der Waals surface area contributed by atoms with E-state index in [-0.39, 0.29) is 11.9 Å². The van der Waals surface area contributed by atoms with Gasteiger partial charge in [0.25, 0.3) is 0 Å². The molecule has 0 saturated carbocycles. The minimum atomic E-state index is 0.226. The summed E-state index contributed by atoms with van der Waals surface area (Å²) in [5.41, 5.74) is 1.69. The van der Waals surface area contributed by atoms with Crippen LogP contribution >= 0.6 is 0 Å². The van der Waals surface area contributed by atoms with Crippen LogP contribution in [-0.4, -0.2) is 34.3 Å². The van der Waals surface area contributed by atoms with Crippen LogP contribution in [0.2, 0.25) is 0 Å². The van der Waals surface area contributed by atoms with Gasteiger partial charge in [-0.2, -0.15) is 4.98 Å². The number of nitrogens with one attached hydrogen (secondary N) is 2. The van der Waals surface area contributed by atoms with Crippen LogP contribution in [0.15, 0.2) is 48.5 Å². The molecule has 1 aromatic heterocycles. The van der Waals surface area contributed by atoms with Crippen LogP contribution in [0.25, 0.3) is 10.9 Å². The molecule has 6 nitrogen and oxygen atoms in total. The number of aromatic hydroxyl groups is 1. The summed E-state index contributed by atoms with van der Waals surface area (Å²) in [7, 11) is 0. The quantitative estimate of drug-likeness (QED) is 0.617. The highest BCUT2D eigenvalue weighted by atomic mass is 16.5. The van der Waals surface area contributed by atoms with Gasteiger partial charge in [0.2, 0.25) is 5.95 Å². The Balaban J connectivity index is 1.61. The van der Waals surface area contributed by atoms with Gasteiger partial charge in [0.05, 0.1) is 11.6 Å². The molecule has 3 aromatic rings. The van der Waals surface area contributed by atoms with Gasteiger partial charge in [0, 0.05) is 24.2 Å². The smallest absolute Gasteiger partial charge is 0.229 e. The van der Waals surface area contributed by atoms with E-state index in [9.17, 15) is 5.11 Å². The lowest BCUT2D eigenvalue weighted by Crippen LogP contribution is -2.19. The number of phenolic OH excluding ortho intramolecular Hbond substituents is 1. The van der Waals surface area contributed by atoms with Gasteiger partial charge in [0.1, 0.15) is 11.6 Å². The summed E-state index contributed by atoms with van der Waals surface area (Å²) in [4.78, 5) is 9.21. The maximum absolute atomic E-state index is 9.40. The van der Waals surface area contributed by atoms with Gasteiger partial charge in [0.15, 0.2) is 0 Å². The largest absolute Gasteiger partial charge is 0.508 e. The fourth-order valence-electron chi connectivity index (χ4n) is 2.96.